The van der Waals surface area contributed by atoms with E-state index in [1.165, 1.54) is 17.7 Å². The lowest BCUT2D eigenvalue weighted by molar-refractivity contribution is -0.130. The number of likely N-dealkylation sites (tertiary alicyclic amines) is 1. The number of nitrogens with zero attached hydrogens (tertiary/aromatic N) is 2. The van der Waals surface area contributed by atoms with Crippen LogP contribution in [0.25, 0.3) is 0 Å². The monoisotopic (exact) mass is 304 g/mol. The maximum Gasteiger partial charge on any atom is 0.325 e. The van der Waals surface area contributed by atoms with Crippen LogP contribution in [0.2, 0.25) is 0 Å². The van der Waals surface area contributed by atoms with Crippen molar-refractivity contribution in [2.75, 3.05) is 33.2 Å². The van der Waals surface area contributed by atoms with Crippen LogP contribution >= 0.6 is 12.4 Å². The number of amides is 3. The highest BCUT2D eigenvalue weighted by Crippen LogP contribution is 2.19. The predicted octanol–water partition coefficient (Wildman–Crippen LogP) is 0.422. The highest BCUT2D eigenvalue weighted by molar-refractivity contribution is 6.06. The fraction of sp³-hybridized carbons (Fsp3) is 0.846. The lowest BCUT2D eigenvalue weighted by Gasteiger charge is -2.26. The van der Waals surface area contributed by atoms with Crippen LogP contribution in [0.3, 0.4) is 0 Å². The van der Waals surface area contributed by atoms with Crippen LogP contribution in [0.4, 0.5) is 4.79 Å². The molecule has 0 aromatic carbocycles. The van der Waals surface area contributed by atoms with Crippen molar-refractivity contribution in [2.24, 2.45) is 0 Å². The van der Waals surface area contributed by atoms with Gasteiger partial charge in [-0.05, 0) is 40.3 Å². The van der Waals surface area contributed by atoms with Gasteiger partial charge >= 0.3 is 6.03 Å². The summed E-state index contributed by atoms with van der Waals surface area (Å²) in [5.74, 6) is -0.123. The molecule has 2 aliphatic heterocycles. The molecular weight excluding hydrogens is 280 g/mol. The molecule has 2 rings (SSSR count). The van der Waals surface area contributed by atoms with Gasteiger partial charge in [-0.2, -0.15) is 0 Å². The number of urea groups is 1. The second kappa shape index (κ2) is 6.74. The number of imide groups is 1. The lowest BCUT2D eigenvalue weighted by Crippen LogP contribution is -2.44. The molecule has 0 aliphatic carbocycles. The van der Waals surface area contributed by atoms with Crippen LogP contribution in [0.15, 0.2) is 0 Å². The van der Waals surface area contributed by atoms with Crippen molar-refractivity contribution in [1.29, 1.82) is 0 Å². The summed E-state index contributed by atoms with van der Waals surface area (Å²) in [6.45, 7) is 6.75. The highest BCUT2D eigenvalue weighted by atomic mass is 35.5. The molecule has 0 saturated carbocycles. The number of rotatable bonds is 5. The average Bonchev–Trinajstić information content (AvgIpc) is 2.83. The molecule has 3 amide bonds. The number of halogens is 1. The molecule has 0 aromatic rings. The molecule has 2 N–H and O–H groups in total. The van der Waals surface area contributed by atoms with E-state index < -0.39 is 5.54 Å². The average molecular weight is 305 g/mol. The van der Waals surface area contributed by atoms with E-state index in [9.17, 15) is 9.59 Å². The van der Waals surface area contributed by atoms with Crippen LogP contribution in [-0.2, 0) is 4.79 Å². The van der Waals surface area contributed by atoms with E-state index in [1.54, 1.807) is 13.8 Å². The van der Waals surface area contributed by atoms with Gasteiger partial charge in [-0.3, -0.25) is 14.6 Å². The van der Waals surface area contributed by atoms with E-state index in [0.717, 1.165) is 19.6 Å². The van der Waals surface area contributed by atoms with Gasteiger partial charge in [0.05, 0.1) is 0 Å². The third-order valence-electron chi connectivity index (χ3n) is 3.99. The van der Waals surface area contributed by atoms with Crippen LogP contribution in [0, 0.1) is 0 Å². The van der Waals surface area contributed by atoms with Gasteiger partial charge in [0.2, 0.25) is 0 Å². The zero-order chi connectivity index (χ0) is 14.0. The summed E-state index contributed by atoms with van der Waals surface area (Å²) in [5, 5.41) is 5.91. The third-order valence-corrected chi connectivity index (χ3v) is 3.99. The first-order chi connectivity index (χ1) is 8.95. The fourth-order valence-corrected chi connectivity index (χ4v) is 2.91. The Kier molecular flexibility index (Phi) is 5.79. The summed E-state index contributed by atoms with van der Waals surface area (Å²) in [7, 11) is 1.95. The smallest absolute Gasteiger partial charge is 0.324 e. The van der Waals surface area contributed by atoms with Gasteiger partial charge in [0.1, 0.15) is 5.54 Å². The van der Waals surface area contributed by atoms with Crippen LogP contribution in [0.1, 0.15) is 26.7 Å². The van der Waals surface area contributed by atoms with Crippen molar-refractivity contribution in [3.8, 4) is 0 Å². The number of carbonyl (C=O) groups is 2. The Labute approximate surface area is 126 Å². The van der Waals surface area contributed by atoms with Gasteiger partial charge in [-0.25, -0.2) is 4.79 Å². The molecule has 0 bridgehead atoms. The predicted molar refractivity (Wildman–Crippen MR) is 80.1 cm³/mol. The van der Waals surface area contributed by atoms with Gasteiger partial charge in [-0.1, -0.05) is 0 Å². The molecular formula is C13H25ClN4O2. The summed E-state index contributed by atoms with van der Waals surface area (Å²) in [5.41, 5.74) is -0.757. The quantitative estimate of drug-likeness (QED) is 0.723. The molecule has 20 heavy (non-hydrogen) atoms. The molecule has 0 spiro atoms. The first kappa shape index (κ1) is 17.2. The molecule has 6 nitrogen and oxygen atoms in total. The second-order valence-corrected chi connectivity index (χ2v) is 5.90. The van der Waals surface area contributed by atoms with Crippen molar-refractivity contribution in [3.63, 3.8) is 0 Å². The SMILES string of the molecule is CNCC1CCCN1CCN1C(=O)NC(C)(C)C1=O.Cl. The molecule has 7 heteroatoms. The minimum absolute atomic E-state index is 0. The summed E-state index contributed by atoms with van der Waals surface area (Å²) >= 11 is 0. The van der Waals surface area contributed by atoms with Crippen molar-refractivity contribution in [2.45, 2.75) is 38.3 Å². The molecule has 116 valence electrons. The third kappa shape index (κ3) is 3.42. The summed E-state index contributed by atoms with van der Waals surface area (Å²) < 4.78 is 0. The second-order valence-electron chi connectivity index (χ2n) is 5.90. The van der Waals surface area contributed by atoms with E-state index >= 15 is 0 Å². The first-order valence-corrected chi connectivity index (χ1v) is 6.98. The summed E-state index contributed by atoms with van der Waals surface area (Å²) in [4.78, 5) is 27.5. The van der Waals surface area contributed by atoms with Crippen molar-refractivity contribution >= 4 is 24.3 Å². The Bertz CT molecular complexity index is 375. The number of nitrogens with one attached hydrogen (secondary N) is 2. The number of likely N-dealkylation sites (N-methyl/N-ethyl adjacent to an activating group) is 1. The Balaban J connectivity index is 0.00000200. The Morgan fingerprint density at radius 3 is 2.60 bits per heavy atom. The van der Waals surface area contributed by atoms with E-state index in [-0.39, 0.29) is 24.3 Å². The molecule has 2 aliphatic rings. The molecule has 1 unspecified atom stereocenters. The maximum atomic E-state index is 12.1. The zero-order valence-electron chi connectivity index (χ0n) is 12.4. The van der Waals surface area contributed by atoms with Gasteiger partial charge in [0.25, 0.3) is 5.91 Å². The van der Waals surface area contributed by atoms with Crippen LogP contribution in [-0.4, -0.2) is 66.5 Å². The highest BCUT2D eigenvalue weighted by Gasteiger charge is 2.44. The molecule has 0 aromatic heterocycles. The van der Waals surface area contributed by atoms with E-state index in [2.05, 4.69) is 15.5 Å². The topological polar surface area (TPSA) is 64.7 Å². The van der Waals surface area contributed by atoms with Crippen molar-refractivity contribution in [1.82, 2.24) is 20.4 Å². The largest absolute Gasteiger partial charge is 0.325 e. The Morgan fingerprint density at radius 2 is 2.05 bits per heavy atom. The van der Waals surface area contributed by atoms with Crippen molar-refractivity contribution in [3.05, 3.63) is 0 Å². The van der Waals surface area contributed by atoms with E-state index in [0.29, 0.717) is 12.6 Å². The Morgan fingerprint density at radius 1 is 1.35 bits per heavy atom. The van der Waals surface area contributed by atoms with Gasteiger partial charge in [-0.15, -0.1) is 12.4 Å². The van der Waals surface area contributed by atoms with E-state index in [1.807, 2.05) is 7.05 Å². The van der Waals surface area contributed by atoms with Gasteiger partial charge < -0.3 is 10.6 Å². The van der Waals surface area contributed by atoms with Crippen molar-refractivity contribution < 1.29 is 9.59 Å². The lowest BCUT2D eigenvalue weighted by atomic mass is 10.1. The van der Waals surface area contributed by atoms with Gasteiger partial charge in [0, 0.05) is 25.7 Å². The minimum Gasteiger partial charge on any atom is -0.324 e. The molecule has 2 heterocycles. The van der Waals surface area contributed by atoms with Gasteiger partial charge in [0.15, 0.2) is 0 Å². The molecule has 0 radical (unpaired) electrons. The van der Waals surface area contributed by atoms with Crippen LogP contribution in [0.5, 0.6) is 0 Å². The van der Waals surface area contributed by atoms with Crippen LogP contribution < -0.4 is 10.6 Å². The number of hydrogen-bond donors (Lipinski definition) is 2. The standard InChI is InChI=1S/C13H24N4O2.ClH/c1-13(2)11(18)17(12(19)15-13)8-7-16-6-4-5-10(16)9-14-3;/h10,14H,4-9H2,1-3H3,(H,15,19);1H. The molecule has 1 atom stereocenters. The first-order valence-electron chi connectivity index (χ1n) is 6.98. The summed E-state index contributed by atoms with van der Waals surface area (Å²) in [6.07, 6.45) is 2.38. The Hall–Kier alpha value is -0.850. The maximum absolute atomic E-state index is 12.1. The van der Waals surface area contributed by atoms with E-state index in [4.69, 9.17) is 0 Å². The molecule has 2 fully saturated rings. The summed E-state index contributed by atoms with van der Waals surface area (Å²) in [6, 6.07) is 0.262. The normalized spacial score (nSPS) is 25.8. The number of carbonyl (C=O) groups excluding carboxylic acids is 2. The zero-order valence-corrected chi connectivity index (χ0v) is 13.3. The number of hydrogen-bond acceptors (Lipinski definition) is 4. The minimum atomic E-state index is -0.757. The molecule has 2 saturated heterocycles. The fourth-order valence-electron chi connectivity index (χ4n) is 2.91.